The van der Waals surface area contributed by atoms with E-state index < -0.39 is 20.7 Å². The summed E-state index contributed by atoms with van der Waals surface area (Å²) in [6, 6.07) is 0. The molecule has 0 aromatic heterocycles. The molecule has 6 nitrogen and oxygen atoms in total. The molecule has 0 atom stereocenters. The molecule has 0 spiro atoms. The largest absolute Gasteiger partial charge is 1.00 e. The molecular weight excluding hydrogens is 181 g/mol. The number of amides is 1. The van der Waals surface area contributed by atoms with Gasteiger partial charge in [0.2, 0.25) is 0 Å². The summed E-state index contributed by atoms with van der Waals surface area (Å²) < 4.78 is 24.9. The van der Waals surface area contributed by atoms with Gasteiger partial charge in [0.25, 0.3) is 5.91 Å². The molecular formula is C4H6LiNO5S. The molecule has 0 radical (unpaired) electrons. The van der Waals surface area contributed by atoms with Crippen LogP contribution in [0.1, 0.15) is 8.35 Å². The van der Waals surface area contributed by atoms with E-state index in [2.05, 4.69) is 4.18 Å². The minimum Gasteiger partial charge on any atom is -1.00 e. The zero-order valence-electron chi connectivity index (χ0n) is 7.51. The van der Waals surface area contributed by atoms with Crippen LogP contribution in [-0.4, -0.2) is 24.0 Å². The van der Waals surface area contributed by atoms with Gasteiger partial charge in [-0.25, -0.2) is 0 Å². The standard InChI is InChI=1S/C4H5NO5S.Li.H/c1-3-2-4(6)5(7)11(8,9)10-3;;/h2,7H,1H3;;/q;+1;-1. The zero-order chi connectivity index (χ0) is 8.65. The monoisotopic (exact) mass is 187 g/mol. The van der Waals surface area contributed by atoms with Crippen molar-refractivity contribution in [3.63, 3.8) is 0 Å². The van der Waals surface area contributed by atoms with E-state index in [4.69, 9.17) is 5.21 Å². The van der Waals surface area contributed by atoms with Crippen LogP contribution >= 0.6 is 0 Å². The topological polar surface area (TPSA) is 83.9 Å². The van der Waals surface area contributed by atoms with Gasteiger partial charge in [0.1, 0.15) is 5.76 Å². The first-order chi connectivity index (χ1) is 4.93. The maximum atomic E-state index is 10.6. The van der Waals surface area contributed by atoms with Gasteiger partial charge >= 0.3 is 29.2 Å². The van der Waals surface area contributed by atoms with Crippen LogP contribution in [0.25, 0.3) is 0 Å². The molecule has 0 aromatic rings. The number of carbonyl (C=O) groups is 1. The summed E-state index contributed by atoms with van der Waals surface area (Å²) in [7, 11) is -4.29. The Balaban J connectivity index is 0. The van der Waals surface area contributed by atoms with Gasteiger partial charge in [0.05, 0.1) is 0 Å². The van der Waals surface area contributed by atoms with Gasteiger partial charge in [-0.2, -0.15) is 8.42 Å². The van der Waals surface area contributed by atoms with Gasteiger partial charge in [-0.15, -0.1) is 0 Å². The van der Waals surface area contributed by atoms with Gasteiger partial charge in [0, 0.05) is 6.08 Å². The second kappa shape index (κ2) is 3.49. The molecule has 1 rings (SSSR count). The van der Waals surface area contributed by atoms with Crippen LogP contribution in [0.15, 0.2) is 11.8 Å². The number of hydrogen-bond donors (Lipinski definition) is 1. The second-order valence-corrected chi connectivity index (χ2v) is 3.25. The van der Waals surface area contributed by atoms with Crippen LogP contribution in [0.5, 0.6) is 0 Å². The molecule has 0 aliphatic carbocycles. The average molecular weight is 187 g/mol. The SMILES string of the molecule is CC1=CC(=O)N(O)S(=O)(=O)O1.[H-].[Li+]. The van der Waals surface area contributed by atoms with Crippen molar-refractivity contribution in [3.05, 3.63) is 11.8 Å². The normalized spacial score (nSPS) is 20.7. The third kappa shape index (κ3) is 2.01. The van der Waals surface area contributed by atoms with Gasteiger partial charge < -0.3 is 5.61 Å². The van der Waals surface area contributed by atoms with E-state index in [0.29, 0.717) is 0 Å². The number of carbonyl (C=O) groups excluding carboxylic acids is 1. The van der Waals surface area contributed by atoms with Crippen molar-refractivity contribution in [1.82, 2.24) is 4.47 Å². The first-order valence-electron chi connectivity index (χ1n) is 2.59. The van der Waals surface area contributed by atoms with Crippen molar-refractivity contribution < 1.29 is 42.9 Å². The first-order valence-corrected chi connectivity index (χ1v) is 3.96. The summed E-state index contributed by atoms with van der Waals surface area (Å²) in [6.45, 7) is 1.29. The third-order valence-corrected chi connectivity index (χ3v) is 2.04. The Labute approximate surface area is 82.7 Å². The van der Waals surface area contributed by atoms with Crippen LogP contribution < -0.4 is 18.9 Å². The molecule has 0 unspecified atom stereocenters. The van der Waals surface area contributed by atoms with Crippen molar-refractivity contribution in [2.75, 3.05) is 0 Å². The van der Waals surface area contributed by atoms with E-state index in [1.54, 1.807) is 0 Å². The van der Waals surface area contributed by atoms with Crippen LogP contribution in [-0.2, 0) is 19.3 Å². The smallest absolute Gasteiger partial charge is 1.00 e. The number of nitrogens with zero attached hydrogens (tertiary/aromatic N) is 1. The van der Waals surface area contributed by atoms with Crippen molar-refractivity contribution >= 4 is 16.2 Å². The molecule has 1 N–H and O–H groups in total. The Morgan fingerprint density at radius 3 is 2.58 bits per heavy atom. The minimum absolute atomic E-state index is 0. The molecule has 0 saturated heterocycles. The van der Waals surface area contributed by atoms with Crippen molar-refractivity contribution in [1.29, 1.82) is 0 Å². The Morgan fingerprint density at radius 1 is 1.67 bits per heavy atom. The van der Waals surface area contributed by atoms with Crippen molar-refractivity contribution in [2.45, 2.75) is 6.92 Å². The number of allylic oxidation sites excluding steroid dienone is 1. The Morgan fingerprint density at radius 2 is 2.17 bits per heavy atom. The van der Waals surface area contributed by atoms with E-state index in [9.17, 15) is 13.2 Å². The maximum Gasteiger partial charge on any atom is 1.00 e. The Kier molecular flexibility index (Phi) is 3.35. The van der Waals surface area contributed by atoms with E-state index in [0.717, 1.165) is 6.08 Å². The van der Waals surface area contributed by atoms with Crippen LogP contribution in [0.3, 0.4) is 0 Å². The van der Waals surface area contributed by atoms with E-state index in [-0.39, 0.29) is 26.0 Å². The minimum atomic E-state index is -4.29. The first kappa shape index (κ1) is 11.5. The second-order valence-electron chi connectivity index (χ2n) is 1.88. The molecule has 64 valence electrons. The fraction of sp³-hybridized carbons (Fsp3) is 0.250. The molecule has 8 heteroatoms. The molecule has 1 aliphatic rings. The van der Waals surface area contributed by atoms with Gasteiger partial charge in [-0.1, -0.05) is 4.47 Å². The van der Waals surface area contributed by atoms with E-state index in [1.165, 1.54) is 6.92 Å². The third-order valence-electron chi connectivity index (χ3n) is 0.964. The Hall–Kier alpha value is -0.483. The predicted octanol–water partition coefficient (Wildman–Crippen LogP) is -3.50. The van der Waals surface area contributed by atoms with Gasteiger partial charge in [0.15, 0.2) is 0 Å². The summed E-state index contributed by atoms with van der Waals surface area (Å²) in [4.78, 5) is 10.6. The van der Waals surface area contributed by atoms with Crippen molar-refractivity contribution in [3.8, 4) is 0 Å². The molecule has 0 saturated carbocycles. The average Bonchev–Trinajstić information content (AvgIpc) is 1.81. The molecule has 1 heterocycles. The summed E-state index contributed by atoms with van der Waals surface area (Å²) in [5.41, 5.74) is 0. The number of hydroxylamine groups is 1. The maximum absolute atomic E-state index is 10.6. The number of hydrogen-bond acceptors (Lipinski definition) is 5. The quantitative estimate of drug-likeness (QED) is 0.314. The summed E-state index contributed by atoms with van der Waals surface area (Å²) in [5, 5.41) is 8.55. The molecule has 0 fully saturated rings. The fourth-order valence-electron chi connectivity index (χ4n) is 0.565. The van der Waals surface area contributed by atoms with Crippen molar-refractivity contribution in [2.24, 2.45) is 0 Å². The van der Waals surface area contributed by atoms with Crippen LogP contribution in [0, 0.1) is 0 Å². The van der Waals surface area contributed by atoms with Gasteiger partial charge in [-0.3, -0.25) is 10.0 Å². The van der Waals surface area contributed by atoms with Crippen LogP contribution in [0.2, 0.25) is 0 Å². The predicted molar refractivity (Wildman–Crippen MR) is 33.5 cm³/mol. The van der Waals surface area contributed by atoms with Crippen LogP contribution in [0.4, 0.5) is 0 Å². The summed E-state index contributed by atoms with van der Waals surface area (Å²) >= 11 is 0. The summed E-state index contributed by atoms with van der Waals surface area (Å²) in [6.07, 6.45) is 0.862. The van der Waals surface area contributed by atoms with Gasteiger partial charge in [-0.05, 0) is 6.92 Å². The zero-order valence-corrected chi connectivity index (χ0v) is 7.33. The van der Waals surface area contributed by atoms with E-state index in [1.807, 2.05) is 0 Å². The van der Waals surface area contributed by atoms with E-state index >= 15 is 0 Å². The fourth-order valence-corrected chi connectivity index (χ4v) is 1.29. The molecule has 12 heavy (non-hydrogen) atoms. The molecule has 1 aliphatic heterocycles. The summed E-state index contributed by atoms with van der Waals surface area (Å²) in [5.74, 6) is -1.10. The molecule has 0 bridgehead atoms. The molecule has 1 amide bonds. The Bertz CT molecular complexity index is 325. The number of rotatable bonds is 0. The molecule has 0 aromatic carbocycles.